The standard InChI is InChI=1S/C22H26ClN3O2/c1-3-25(4-2)19-11-9-18(10-12-19)24-22(28)17-13-21(27)26(15-17)14-16-7-5-6-8-20(16)23/h5-12,17H,3-4,13-15H2,1-2H3,(H,24,28). The Morgan fingerprint density at radius 3 is 2.46 bits per heavy atom. The average Bonchev–Trinajstić information content (AvgIpc) is 3.06. The molecule has 0 saturated carbocycles. The van der Waals surface area contributed by atoms with Crippen molar-refractivity contribution < 1.29 is 9.59 Å². The molecular formula is C22H26ClN3O2. The predicted octanol–water partition coefficient (Wildman–Crippen LogP) is 4.17. The second-order valence-electron chi connectivity index (χ2n) is 6.98. The molecule has 2 aromatic rings. The highest BCUT2D eigenvalue weighted by atomic mass is 35.5. The lowest BCUT2D eigenvalue weighted by molar-refractivity contribution is -0.128. The number of anilines is 2. The molecule has 6 heteroatoms. The van der Waals surface area contributed by atoms with Crippen LogP contribution in [0.4, 0.5) is 11.4 Å². The van der Waals surface area contributed by atoms with Crippen LogP contribution >= 0.6 is 11.6 Å². The Labute approximate surface area is 171 Å². The van der Waals surface area contributed by atoms with Gasteiger partial charge in [0.05, 0.1) is 5.92 Å². The molecule has 1 fully saturated rings. The monoisotopic (exact) mass is 399 g/mol. The third kappa shape index (κ3) is 4.65. The molecular weight excluding hydrogens is 374 g/mol. The quantitative estimate of drug-likeness (QED) is 0.760. The first kappa shape index (κ1) is 20.2. The molecule has 1 atom stereocenters. The van der Waals surface area contributed by atoms with Gasteiger partial charge in [0.1, 0.15) is 0 Å². The van der Waals surface area contributed by atoms with E-state index in [1.165, 1.54) is 0 Å². The topological polar surface area (TPSA) is 52.7 Å². The van der Waals surface area contributed by atoms with E-state index in [-0.39, 0.29) is 24.2 Å². The zero-order valence-electron chi connectivity index (χ0n) is 16.3. The summed E-state index contributed by atoms with van der Waals surface area (Å²) in [5, 5.41) is 3.58. The van der Waals surface area contributed by atoms with Crippen LogP contribution < -0.4 is 10.2 Å². The third-order valence-corrected chi connectivity index (χ3v) is 5.54. The molecule has 148 valence electrons. The van der Waals surface area contributed by atoms with Gasteiger partial charge in [0.2, 0.25) is 11.8 Å². The van der Waals surface area contributed by atoms with E-state index < -0.39 is 0 Å². The van der Waals surface area contributed by atoms with E-state index >= 15 is 0 Å². The van der Waals surface area contributed by atoms with Crippen molar-refractivity contribution >= 4 is 34.8 Å². The number of benzene rings is 2. The van der Waals surface area contributed by atoms with E-state index in [2.05, 4.69) is 24.1 Å². The number of likely N-dealkylation sites (tertiary alicyclic amines) is 1. The highest BCUT2D eigenvalue weighted by Gasteiger charge is 2.34. The first-order valence-electron chi connectivity index (χ1n) is 9.68. The van der Waals surface area contributed by atoms with E-state index in [1.54, 1.807) is 4.90 Å². The highest BCUT2D eigenvalue weighted by Crippen LogP contribution is 2.25. The van der Waals surface area contributed by atoms with Crippen molar-refractivity contribution in [1.82, 2.24) is 4.90 Å². The Morgan fingerprint density at radius 2 is 1.82 bits per heavy atom. The minimum atomic E-state index is -0.350. The Balaban J connectivity index is 1.59. The largest absolute Gasteiger partial charge is 0.372 e. The van der Waals surface area contributed by atoms with Gasteiger partial charge in [-0.3, -0.25) is 9.59 Å². The summed E-state index contributed by atoms with van der Waals surface area (Å²) in [5.74, 6) is -0.486. The smallest absolute Gasteiger partial charge is 0.229 e. The molecule has 1 saturated heterocycles. The van der Waals surface area contributed by atoms with Gasteiger partial charge < -0.3 is 15.1 Å². The van der Waals surface area contributed by atoms with Gasteiger partial charge in [-0.2, -0.15) is 0 Å². The summed E-state index contributed by atoms with van der Waals surface area (Å²) in [6.07, 6.45) is 0.230. The molecule has 5 nitrogen and oxygen atoms in total. The van der Waals surface area contributed by atoms with Crippen LogP contribution in [0.2, 0.25) is 5.02 Å². The van der Waals surface area contributed by atoms with Gasteiger partial charge in [-0.25, -0.2) is 0 Å². The van der Waals surface area contributed by atoms with Crippen LogP contribution in [0.3, 0.4) is 0 Å². The van der Waals surface area contributed by atoms with Gasteiger partial charge in [-0.1, -0.05) is 29.8 Å². The van der Waals surface area contributed by atoms with Gasteiger partial charge in [0.25, 0.3) is 0 Å². The zero-order chi connectivity index (χ0) is 20.1. The lowest BCUT2D eigenvalue weighted by Gasteiger charge is -2.21. The Morgan fingerprint density at radius 1 is 1.14 bits per heavy atom. The number of nitrogens with one attached hydrogen (secondary N) is 1. The molecule has 0 aromatic heterocycles. The number of carbonyl (C=O) groups excluding carboxylic acids is 2. The summed E-state index contributed by atoms with van der Waals surface area (Å²) in [7, 11) is 0. The lowest BCUT2D eigenvalue weighted by atomic mass is 10.1. The van der Waals surface area contributed by atoms with Crippen molar-refractivity contribution in [2.45, 2.75) is 26.8 Å². The van der Waals surface area contributed by atoms with Crippen LogP contribution in [-0.4, -0.2) is 36.3 Å². The van der Waals surface area contributed by atoms with Crippen LogP contribution in [-0.2, 0) is 16.1 Å². The van der Waals surface area contributed by atoms with Gasteiger partial charge in [0, 0.05) is 49.0 Å². The average molecular weight is 400 g/mol. The SMILES string of the molecule is CCN(CC)c1ccc(NC(=O)C2CC(=O)N(Cc3ccccc3Cl)C2)cc1. The number of hydrogen-bond donors (Lipinski definition) is 1. The van der Waals surface area contributed by atoms with E-state index in [1.807, 2.05) is 48.5 Å². The summed E-state index contributed by atoms with van der Waals surface area (Å²) < 4.78 is 0. The number of halogens is 1. The van der Waals surface area contributed by atoms with Gasteiger partial charge >= 0.3 is 0 Å². The second kappa shape index (κ2) is 9.11. The number of carbonyl (C=O) groups is 2. The molecule has 1 N–H and O–H groups in total. The van der Waals surface area contributed by atoms with Crippen LogP contribution in [0.1, 0.15) is 25.8 Å². The summed E-state index contributed by atoms with van der Waals surface area (Å²) in [4.78, 5) is 28.9. The van der Waals surface area contributed by atoms with Crippen LogP contribution in [0.15, 0.2) is 48.5 Å². The molecule has 28 heavy (non-hydrogen) atoms. The summed E-state index contributed by atoms with van der Waals surface area (Å²) in [5.41, 5.74) is 2.77. The molecule has 1 heterocycles. The molecule has 2 aromatic carbocycles. The maximum Gasteiger partial charge on any atom is 0.229 e. The van der Waals surface area contributed by atoms with Crippen molar-refractivity contribution in [3.05, 3.63) is 59.1 Å². The molecule has 1 aliphatic heterocycles. The summed E-state index contributed by atoms with van der Waals surface area (Å²) in [6, 6.07) is 15.3. The Hall–Kier alpha value is -2.53. The van der Waals surface area contributed by atoms with Crippen molar-refractivity contribution in [2.24, 2.45) is 5.92 Å². The summed E-state index contributed by atoms with van der Waals surface area (Å²) >= 11 is 6.19. The highest BCUT2D eigenvalue weighted by molar-refractivity contribution is 6.31. The van der Waals surface area contributed by atoms with E-state index in [0.717, 1.165) is 30.0 Å². The van der Waals surface area contributed by atoms with Crippen molar-refractivity contribution in [3.8, 4) is 0 Å². The van der Waals surface area contributed by atoms with Crippen molar-refractivity contribution in [2.75, 3.05) is 29.9 Å². The minimum Gasteiger partial charge on any atom is -0.372 e. The number of rotatable bonds is 7. The molecule has 2 amide bonds. The van der Waals surface area contributed by atoms with Crippen LogP contribution in [0, 0.1) is 5.92 Å². The predicted molar refractivity (Wildman–Crippen MR) is 114 cm³/mol. The second-order valence-corrected chi connectivity index (χ2v) is 7.38. The lowest BCUT2D eigenvalue weighted by Crippen LogP contribution is -2.28. The van der Waals surface area contributed by atoms with Crippen molar-refractivity contribution in [3.63, 3.8) is 0 Å². The number of hydrogen-bond acceptors (Lipinski definition) is 3. The first-order valence-corrected chi connectivity index (χ1v) is 10.1. The molecule has 0 bridgehead atoms. The molecule has 3 rings (SSSR count). The van der Waals surface area contributed by atoms with E-state index in [4.69, 9.17) is 11.6 Å². The van der Waals surface area contributed by atoms with Crippen LogP contribution in [0.25, 0.3) is 0 Å². The molecule has 0 radical (unpaired) electrons. The minimum absolute atomic E-state index is 0.0167. The molecule has 1 unspecified atom stereocenters. The fourth-order valence-corrected chi connectivity index (χ4v) is 3.72. The first-order chi connectivity index (χ1) is 13.5. The van der Waals surface area contributed by atoms with Crippen molar-refractivity contribution in [1.29, 1.82) is 0 Å². The zero-order valence-corrected chi connectivity index (χ0v) is 17.1. The van der Waals surface area contributed by atoms with E-state index in [9.17, 15) is 9.59 Å². The van der Waals surface area contributed by atoms with Gasteiger partial charge in [-0.15, -0.1) is 0 Å². The maximum absolute atomic E-state index is 12.6. The third-order valence-electron chi connectivity index (χ3n) is 5.17. The fourth-order valence-electron chi connectivity index (χ4n) is 3.52. The van der Waals surface area contributed by atoms with Gasteiger partial charge in [0.15, 0.2) is 0 Å². The van der Waals surface area contributed by atoms with Crippen LogP contribution in [0.5, 0.6) is 0 Å². The summed E-state index contributed by atoms with van der Waals surface area (Å²) in [6.45, 7) is 6.95. The number of amides is 2. The Kier molecular flexibility index (Phi) is 6.57. The molecule has 1 aliphatic rings. The van der Waals surface area contributed by atoms with Gasteiger partial charge in [-0.05, 0) is 49.7 Å². The molecule has 0 spiro atoms. The number of nitrogens with zero attached hydrogens (tertiary/aromatic N) is 2. The normalized spacial score (nSPS) is 16.3. The maximum atomic E-state index is 12.6. The Bertz CT molecular complexity index is 834. The molecule has 0 aliphatic carbocycles. The van der Waals surface area contributed by atoms with E-state index in [0.29, 0.717) is 18.1 Å². The fraction of sp³-hybridized carbons (Fsp3) is 0.364.